The quantitative estimate of drug-likeness (QED) is 0.505. The number of amides is 1. The summed E-state index contributed by atoms with van der Waals surface area (Å²) in [7, 11) is 0.798. The van der Waals surface area contributed by atoms with Crippen molar-refractivity contribution in [3.8, 4) is 11.1 Å². The Labute approximate surface area is 108 Å². The minimum atomic E-state index is -0.496. The standard InChI is InChI=1S/C14H14NO2P/c1-18-13-8-6-11(7-9-13)10-2-4-12(5-3-10)14(16)15-17/h2-9,17-18H,1H3,(H,15,16). The summed E-state index contributed by atoms with van der Waals surface area (Å²) in [5.41, 5.74) is 4.23. The molecule has 0 radical (unpaired) electrons. The zero-order valence-corrected chi connectivity index (χ0v) is 11.0. The Hall–Kier alpha value is -1.70. The molecule has 92 valence electrons. The van der Waals surface area contributed by atoms with E-state index < -0.39 is 5.91 Å². The fourth-order valence-electron chi connectivity index (χ4n) is 1.71. The number of rotatable bonds is 3. The molecular weight excluding hydrogens is 245 g/mol. The molecule has 2 rings (SSSR count). The lowest BCUT2D eigenvalue weighted by Crippen LogP contribution is -2.18. The van der Waals surface area contributed by atoms with Crippen LogP contribution < -0.4 is 10.8 Å². The summed E-state index contributed by atoms with van der Waals surface area (Å²) in [6, 6.07) is 15.5. The molecule has 1 unspecified atom stereocenters. The Morgan fingerprint density at radius 2 is 1.50 bits per heavy atom. The third kappa shape index (κ3) is 2.76. The van der Waals surface area contributed by atoms with E-state index in [0.717, 1.165) is 19.7 Å². The Morgan fingerprint density at radius 1 is 1.00 bits per heavy atom. The van der Waals surface area contributed by atoms with Gasteiger partial charge in [-0.3, -0.25) is 10.0 Å². The molecule has 0 aliphatic heterocycles. The molecule has 4 heteroatoms. The van der Waals surface area contributed by atoms with Gasteiger partial charge in [0.25, 0.3) is 5.91 Å². The van der Waals surface area contributed by atoms with Gasteiger partial charge in [0.15, 0.2) is 0 Å². The van der Waals surface area contributed by atoms with Gasteiger partial charge in [-0.15, -0.1) is 0 Å². The van der Waals surface area contributed by atoms with E-state index in [1.807, 2.05) is 12.1 Å². The Morgan fingerprint density at radius 3 is 1.94 bits per heavy atom. The van der Waals surface area contributed by atoms with Gasteiger partial charge in [0.1, 0.15) is 0 Å². The summed E-state index contributed by atoms with van der Waals surface area (Å²) in [6.45, 7) is 2.15. The number of carbonyl (C=O) groups is 1. The van der Waals surface area contributed by atoms with E-state index in [1.165, 1.54) is 5.30 Å². The second-order valence-electron chi connectivity index (χ2n) is 3.85. The van der Waals surface area contributed by atoms with Crippen LogP contribution in [-0.4, -0.2) is 17.8 Å². The van der Waals surface area contributed by atoms with Crippen LogP contribution in [0.5, 0.6) is 0 Å². The number of hydroxylamine groups is 1. The third-order valence-electron chi connectivity index (χ3n) is 2.76. The van der Waals surface area contributed by atoms with E-state index in [4.69, 9.17) is 5.21 Å². The van der Waals surface area contributed by atoms with E-state index in [-0.39, 0.29) is 0 Å². The van der Waals surface area contributed by atoms with Crippen LogP contribution in [0, 0.1) is 0 Å². The molecule has 0 saturated carbocycles. The Bertz CT molecular complexity index is 535. The average molecular weight is 259 g/mol. The maximum absolute atomic E-state index is 11.2. The molecule has 1 amide bonds. The number of nitrogens with one attached hydrogen (secondary N) is 1. The van der Waals surface area contributed by atoms with Crippen LogP contribution in [0.4, 0.5) is 0 Å². The fourth-order valence-corrected chi connectivity index (χ4v) is 2.21. The van der Waals surface area contributed by atoms with Crippen LogP contribution in [0.15, 0.2) is 48.5 Å². The number of hydrogen-bond donors (Lipinski definition) is 2. The van der Waals surface area contributed by atoms with Crippen molar-refractivity contribution in [1.82, 2.24) is 5.48 Å². The largest absolute Gasteiger partial charge is 0.288 e. The van der Waals surface area contributed by atoms with Gasteiger partial charge in [0.2, 0.25) is 0 Å². The molecule has 0 spiro atoms. The number of carbonyl (C=O) groups excluding carboxylic acids is 1. The summed E-state index contributed by atoms with van der Waals surface area (Å²) >= 11 is 0. The SMILES string of the molecule is CPc1ccc(-c2ccc(C(=O)NO)cc2)cc1. The third-order valence-corrected chi connectivity index (χ3v) is 3.67. The van der Waals surface area contributed by atoms with Crippen LogP contribution in [0.1, 0.15) is 10.4 Å². The molecule has 0 fully saturated rings. The lowest BCUT2D eigenvalue weighted by Gasteiger charge is -2.04. The molecule has 2 aromatic carbocycles. The van der Waals surface area contributed by atoms with Crippen molar-refractivity contribution in [1.29, 1.82) is 0 Å². The molecular formula is C14H14NO2P. The van der Waals surface area contributed by atoms with Crippen LogP contribution in [0.3, 0.4) is 0 Å². The van der Waals surface area contributed by atoms with Crippen molar-refractivity contribution < 1.29 is 10.0 Å². The molecule has 0 aliphatic carbocycles. The predicted octanol–water partition coefficient (Wildman–Crippen LogP) is 2.41. The highest BCUT2D eigenvalue weighted by molar-refractivity contribution is 7.46. The van der Waals surface area contributed by atoms with Crippen molar-refractivity contribution in [2.75, 3.05) is 6.66 Å². The van der Waals surface area contributed by atoms with Crippen molar-refractivity contribution in [3.63, 3.8) is 0 Å². The smallest absolute Gasteiger partial charge is 0.274 e. The van der Waals surface area contributed by atoms with Gasteiger partial charge >= 0.3 is 0 Å². The van der Waals surface area contributed by atoms with Crippen molar-refractivity contribution in [3.05, 3.63) is 54.1 Å². The average Bonchev–Trinajstić information content (AvgIpc) is 2.47. The van der Waals surface area contributed by atoms with Crippen molar-refractivity contribution in [2.24, 2.45) is 0 Å². The minimum Gasteiger partial charge on any atom is -0.288 e. The fraction of sp³-hybridized carbons (Fsp3) is 0.0714. The highest BCUT2D eigenvalue weighted by atomic mass is 31.1. The van der Waals surface area contributed by atoms with Gasteiger partial charge in [-0.1, -0.05) is 45.0 Å². The molecule has 3 nitrogen and oxygen atoms in total. The van der Waals surface area contributed by atoms with Gasteiger partial charge in [-0.05, 0) is 35.2 Å². The van der Waals surface area contributed by atoms with E-state index in [9.17, 15) is 4.79 Å². The number of benzene rings is 2. The van der Waals surface area contributed by atoms with E-state index >= 15 is 0 Å². The zero-order chi connectivity index (χ0) is 13.0. The predicted molar refractivity (Wildman–Crippen MR) is 75.0 cm³/mol. The maximum Gasteiger partial charge on any atom is 0.274 e. The highest BCUT2D eigenvalue weighted by Crippen LogP contribution is 2.20. The summed E-state index contributed by atoms with van der Waals surface area (Å²) in [5, 5.41) is 9.86. The topological polar surface area (TPSA) is 49.3 Å². The summed E-state index contributed by atoms with van der Waals surface area (Å²) in [4.78, 5) is 11.2. The van der Waals surface area contributed by atoms with Crippen molar-refractivity contribution >= 4 is 19.8 Å². The van der Waals surface area contributed by atoms with Crippen LogP contribution in [0.2, 0.25) is 0 Å². The van der Waals surface area contributed by atoms with Gasteiger partial charge in [0.05, 0.1) is 0 Å². The Balaban J connectivity index is 2.25. The zero-order valence-electron chi connectivity index (χ0n) is 9.97. The first-order valence-electron chi connectivity index (χ1n) is 5.57. The second kappa shape index (κ2) is 5.76. The van der Waals surface area contributed by atoms with E-state index in [1.54, 1.807) is 17.6 Å². The van der Waals surface area contributed by atoms with E-state index in [0.29, 0.717) is 5.56 Å². The summed E-state index contributed by atoms with van der Waals surface area (Å²) < 4.78 is 0. The monoisotopic (exact) mass is 259 g/mol. The highest BCUT2D eigenvalue weighted by Gasteiger charge is 2.04. The molecule has 0 heterocycles. The molecule has 2 aromatic rings. The van der Waals surface area contributed by atoms with Gasteiger partial charge in [-0.2, -0.15) is 0 Å². The molecule has 0 aliphatic rings. The summed E-state index contributed by atoms with van der Waals surface area (Å²) in [5.74, 6) is -0.496. The normalized spacial score (nSPS) is 10.8. The van der Waals surface area contributed by atoms with Crippen LogP contribution >= 0.6 is 8.58 Å². The van der Waals surface area contributed by atoms with Crippen LogP contribution in [0.25, 0.3) is 11.1 Å². The molecule has 2 N–H and O–H groups in total. The lowest BCUT2D eigenvalue weighted by molar-refractivity contribution is 0.0706. The molecule has 0 bridgehead atoms. The first kappa shape index (κ1) is 12.7. The first-order chi connectivity index (χ1) is 8.74. The molecule has 0 aromatic heterocycles. The lowest BCUT2D eigenvalue weighted by atomic mass is 10.0. The first-order valence-corrected chi connectivity index (χ1v) is 7.07. The Kier molecular flexibility index (Phi) is 4.08. The second-order valence-corrected chi connectivity index (χ2v) is 4.92. The molecule has 1 atom stereocenters. The number of hydrogen-bond acceptors (Lipinski definition) is 2. The molecule has 0 saturated heterocycles. The van der Waals surface area contributed by atoms with Gasteiger partial charge < -0.3 is 0 Å². The van der Waals surface area contributed by atoms with Crippen molar-refractivity contribution in [2.45, 2.75) is 0 Å². The van der Waals surface area contributed by atoms with Gasteiger partial charge in [0, 0.05) is 5.56 Å². The summed E-state index contributed by atoms with van der Waals surface area (Å²) in [6.07, 6.45) is 0. The maximum atomic E-state index is 11.2. The van der Waals surface area contributed by atoms with Crippen LogP contribution in [-0.2, 0) is 0 Å². The minimum absolute atomic E-state index is 0.438. The molecule has 18 heavy (non-hydrogen) atoms. The van der Waals surface area contributed by atoms with Gasteiger partial charge in [-0.25, -0.2) is 5.48 Å². The van der Waals surface area contributed by atoms with E-state index in [2.05, 4.69) is 30.9 Å².